The van der Waals surface area contributed by atoms with Crippen molar-refractivity contribution in [1.29, 1.82) is 0 Å². The fourth-order valence-electron chi connectivity index (χ4n) is 11.5. The number of halogens is 1. The summed E-state index contributed by atoms with van der Waals surface area (Å²) in [6.07, 6.45) is -4.75. The number of ether oxygens (including phenoxy) is 7. The number of carbonyl (C=O) groups is 1. The van der Waals surface area contributed by atoms with Gasteiger partial charge in [-0.15, -0.1) is 5.10 Å². The molecular formula is C53H89FN6O13. The molecule has 73 heavy (non-hydrogen) atoms. The van der Waals surface area contributed by atoms with Gasteiger partial charge in [0.05, 0.1) is 52.9 Å². The fourth-order valence-corrected chi connectivity index (χ4v) is 11.5. The Hall–Kier alpha value is -3.25. The largest absolute Gasteiger partial charge is 0.459 e. The predicted octanol–water partition coefficient (Wildman–Crippen LogP) is 5.23. The van der Waals surface area contributed by atoms with Crippen LogP contribution in [0, 0.1) is 17.8 Å². The quantitative estimate of drug-likeness (QED) is 0.0627. The molecule has 1 aromatic carbocycles. The van der Waals surface area contributed by atoms with Gasteiger partial charge in [0, 0.05) is 70.8 Å². The van der Waals surface area contributed by atoms with E-state index in [1.54, 1.807) is 59.9 Å². The number of rotatable bonds is 16. The minimum Gasteiger partial charge on any atom is -0.459 e. The molecule has 0 radical (unpaired) electrons. The maximum Gasteiger partial charge on any atom is 0.311 e. The molecule has 20 heteroatoms. The van der Waals surface area contributed by atoms with Gasteiger partial charge < -0.3 is 68.6 Å². The van der Waals surface area contributed by atoms with Crippen molar-refractivity contribution in [2.45, 2.75) is 211 Å². The molecule has 0 bridgehead atoms. The molecule has 3 aliphatic heterocycles. The van der Waals surface area contributed by atoms with E-state index >= 15 is 0 Å². The Bertz CT molecular complexity index is 2060. The van der Waals surface area contributed by atoms with Gasteiger partial charge in [-0.05, 0) is 106 Å². The van der Waals surface area contributed by atoms with Gasteiger partial charge in [0.1, 0.15) is 42.7 Å². The first-order valence-electron chi connectivity index (χ1n) is 26.1. The lowest BCUT2D eigenvalue weighted by atomic mass is 9.77. The van der Waals surface area contributed by atoms with Gasteiger partial charge in [0.2, 0.25) is 0 Å². The van der Waals surface area contributed by atoms with Crippen LogP contribution in [0.25, 0.3) is 0 Å². The van der Waals surface area contributed by atoms with Crippen LogP contribution < -0.4 is 0 Å². The van der Waals surface area contributed by atoms with E-state index in [1.807, 2.05) is 58.8 Å². The minimum atomic E-state index is -1.83. The number of aromatic nitrogens is 3. The Morgan fingerprint density at radius 1 is 0.986 bits per heavy atom. The third-order valence-corrected chi connectivity index (χ3v) is 16.2. The van der Waals surface area contributed by atoms with Gasteiger partial charge in [-0.2, -0.15) is 0 Å². The number of benzene rings is 1. The first-order valence-corrected chi connectivity index (χ1v) is 26.1. The zero-order chi connectivity index (χ0) is 54.3. The molecule has 0 amide bonds. The topological polar surface area (TPSA) is 232 Å². The Labute approximate surface area is 432 Å². The molecule has 3 saturated heterocycles. The number of aliphatic hydroxyl groups is 4. The molecule has 1 aromatic heterocycles. The number of cyclic esters (lactones) is 1. The Kier molecular flexibility index (Phi) is 21.4. The number of methoxy groups -OCH3 is 2. The number of nitrogens with zero attached hydrogens (tertiary/aromatic N) is 6. The third kappa shape index (κ3) is 14.4. The molecule has 4 heterocycles. The molecule has 0 unspecified atom stereocenters. The lowest BCUT2D eigenvalue weighted by molar-refractivity contribution is -0.308. The molecule has 0 aliphatic carbocycles. The molecule has 0 saturated carbocycles. The Morgan fingerprint density at radius 2 is 1.66 bits per heavy atom. The molecule has 0 spiro atoms. The number of alkyl halides is 1. The number of likely N-dealkylation sites (N-methyl/N-ethyl adjacent to an activating group) is 2. The standard InChI is InChI=1S/C53H89FN6O13/c1-16-42-53(11,65)47(61)35(7)59(13)28-30(2)25-51(9,64)49(32(4)45(33(5)50(63)71-42)72-44-26-52(10,68-15)48(62)36(8)70-44)73-43-24-40(23-31(3)69-43)58(12)22-21-39-29-60(57-55-39)41(27-54)46(67-14)38-19-17-37(18-20-38)34(6)56-66/h17-20,29-33,35-36,40-49,61-62,64-66H,16,21-28H2,1-15H3/b56-34+/t30-,31-,32+,33-,35-,36+,40+,41-,42-,43+,44+,45+,46-,47-,48+,49-,51-,52-,53-/m1/s1. The fraction of sp³-hybridized carbons (Fsp3) is 0.811. The normalized spacial score (nSPS) is 38.9. The van der Waals surface area contributed by atoms with E-state index in [0.29, 0.717) is 43.8 Å². The average molecular weight is 1040 g/mol. The molecule has 3 aliphatic rings. The van der Waals surface area contributed by atoms with Crippen LogP contribution in [0.3, 0.4) is 0 Å². The second-order valence-corrected chi connectivity index (χ2v) is 22.2. The minimum absolute atomic E-state index is 0.0271. The van der Waals surface area contributed by atoms with Crippen LogP contribution >= 0.6 is 0 Å². The molecule has 3 fully saturated rings. The van der Waals surface area contributed by atoms with Gasteiger partial charge in [-0.1, -0.05) is 55.4 Å². The van der Waals surface area contributed by atoms with Crippen molar-refractivity contribution in [2.24, 2.45) is 22.9 Å². The summed E-state index contributed by atoms with van der Waals surface area (Å²) < 4.78 is 60.7. The zero-order valence-corrected chi connectivity index (χ0v) is 46.1. The van der Waals surface area contributed by atoms with Crippen LogP contribution in [0.4, 0.5) is 4.39 Å². The van der Waals surface area contributed by atoms with E-state index in [2.05, 4.69) is 20.4 Å². The van der Waals surface area contributed by atoms with Crippen molar-refractivity contribution in [2.75, 3.05) is 48.1 Å². The monoisotopic (exact) mass is 1040 g/mol. The number of hydrogen-bond donors (Lipinski definition) is 5. The van der Waals surface area contributed by atoms with Gasteiger partial charge >= 0.3 is 5.97 Å². The smallest absolute Gasteiger partial charge is 0.311 e. The van der Waals surface area contributed by atoms with Crippen LogP contribution in [0.15, 0.2) is 35.6 Å². The molecule has 5 rings (SSSR count). The molecule has 416 valence electrons. The van der Waals surface area contributed by atoms with Gasteiger partial charge in [-0.25, -0.2) is 9.07 Å². The van der Waals surface area contributed by atoms with Crippen molar-refractivity contribution in [3.05, 3.63) is 47.3 Å². The average Bonchev–Trinajstić information content (AvgIpc) is 3.83. The molecule has 19 atom stereocenters. The summed E-state index contributed by atoms with van der Waals surface area (Å²) >= 11 is 0. The summed E-state index contributed by atoms with van der Waals surface area (Å²) in [5.74, 6) is -2.59. The number of carbonyl (C=O) groups excluding carboxylic acids is 1. The van der Waals surface area contributed by atoms with E-state index in [0.717, 1.165) is 11.1 Å². The summed E-state index contributed by atoms with van der Waals surface area (Å²) in [7, 11) is 6.91. The first-order chi connectivity index (χ1) is 34.2. The highest BCUT2D eigenvalue weighted by atomic mass is 19.1. The summed E-state index contributed by atoms with van der Waals surface area (Å²) in [5.41, 5.74) is -1.83. The number of oxime groups is 1. The summed E-state index contributed by atoms with van der Waals surface area (Å²) in [5, 5.41) is 68.7. The lowest BCUT2D eigenvalue weighted by Crippen LogP contribution is -2.59. The van der Waals surface area contributed by atoms with Gasteiger partial charge in [0.15, 0.2) is 12.6 Å². The maximum absolute atomic E-state index is 14.8. The summed E-state index contributed by atoms with van der Waals surface area (Å²) in [6, 6.07) is 5.84. The Morgan fingerprint density at radius 3 is 2.26 bits per heavy atom. The van der Waals surface area contributed by atoms with Crippen LogP contribution in [0.1, 0.15) is 137 Å². The summed E-state index contributed by atoms with van der Waals surface area (Å²) in [4.78, 5) is 18.7. The first kappa shape index (κ1) is 60.6. The van der Waals surface area contributed by atoms with Crippen LogP contribution in [-0.4, -0.2) is 194 Å². The number of esters is 1. The number of hydrogen-bond acceptors (Lipinski definition) is 18. The maximum atomic E-state index is 14.8. The molecular weight excluding hydrogens is 948 g/mol. The van der Waals surface area contributed by atoms with Crippen molar-refractivity contribution in [3.8, 4) is 0 Å². The van der Waals surface area contributed by atoms with E-state index in [4.69, 9.17) is 33.2 Å². The highest BCUT2D eigenvalue weighted by Crippen LogP contribution is 2.40. The SMILES string of the molecule is CC[C@H]1OC(=O)[C@H](C)[C@@H](O[C@H]2C[C@@](C)(OC)[C@@H](O)[C@H](C)O2)[C@H](C)[C@@H](O[C@H]2C[C@@H](N(C)CCc3cn([C@H](CF)[C@H](OC)c4ccc(/C(C)=N/O)cc4)nn3)C[C@@H](C)O2)[C@](C)(O)C[C@@H](C)CN(C)[C@H](C)[C@@H](O)[C@]1(C)O. The van der Waals surface area contributed by atoms with Gasteiger partial charge in [0.25, 0.3) is 0 Å². The third-order valence-electron chi connectivity index (χ3n) is 16.2. The van der Waals surface area contributed by atoms with E-state index in [9.17, 15) is 34.8 Å². The van der Waals surface area contributed by atoms with Crippen LogP contribution in [0.2, 0.25) is 0 Å². The van der Waals surface area contributed by atoms with Crippen molar-refractivity contribution in [1.82, 2.24) is 24.8 Å². The Balaban J connectivity index is 1.41. The predicted molar refractivity (Wildman–Crippen MR) is 271 cm³/mol. The molecule has 5 N–H and O–H groups in total. The van der Waals surface area contributed by atoms with Crippen LogP contribution in [0.5, 0.6) is 0 Å². The van der Waals surface area contributed by atoms with E-state index in [1.165, 1.54) is 25.8 Å². The van der Waals surface area contributed by atoms with Gasteiger partial charge in [-0.3, -0.25) is 4.79 Å². The highest BCUT2D eigenvalue weighted by molar-refractivity contribution is 5.98. The van der Waals surface area contributed by atoms with Crippen LogP contribution in [-0.2, 0) is 44.4 Å². The lowest BCUT2D eigenvalue weighted by Gasteiger charge is -2.48. The number of aliphatic hydroxyl groups excluding tert-OH is 2. The van der Waals surface area contributed by atoms with Crippen molar-refractivity contribution in [3.63, 3.8) is 0 Å². The van der Waals surface area contributed by atoms with E-state index in [-0.39, 0.29) is 37.3 Å². The van der Waals surface area contributed by atoms with Crippen molar-refractivity contribution >= 4 is 11.7 Å². The summed E-state index contributed by atoms with van der Waals surface area (Å²) in [6.45, 7) is 19.8. The zero-order valence-electron chi connectivity index (χ0n) is 46.1. The second kappa shape index (κ2) is 25.7. The second-order valence-electron chi connectivity index (χ2n) is 22.2. The van der Waals surface area contributed by atoms with Crippen molar-refractivity contribution < 1.29 is 68.0 Å². The highest BCUT2D eigenvalue weighted by Gasteiger charge is 2.52. The van der Waals surface area contributed by atoms with E-state index < -0.39 is 109 Å². The molecule has 19 nitrogen and oxygen atoms in total. The molecule has 2 aromatic rings.